The quantitative estimate of drug-likeness (QED) is 0.806. The van der Waals surface area contributed by atoms with Gasteiger partial charge in [-0.2, -0.15) is 0 Å². The van der Waals surface area contributed by atoms with Crippen LogP contribution in [0.15, 0.2) is 18.5 Å². The number of piperidine rings is 1. The number of hydrogen-bond acceptors (Lipinski definition) is 3. The average Bonchev–Trinajstić information content (AvgIpc) is 2.29. The lowest BCUT2D eigenvalue weighted by atomic mass is 10.1. The first kappa shape index (κ1) is 11.4. The Kier molecular flexibility index (Phi) is 3.41. The number of aliphatic hydroxyl groups is 1. The minimum atomic E-state index is -0.423. The predicted molar refractivity (Wildman–Crippen MR) is 60.4 cm³/mol. The normalized spacial score (nSPS) is 20.9. The minimum absolute atomic E-state index is 0.156. The number of carbonyl (C=O) groups is 1. The maximum atomic E-state index is 12.1. The van der Waals surface area contributed by atoms with E-state index in [4.69, 9.17) is 11.6 Å². The summed E-state index contributed by atoms with van der Waals surface area (Å²) in [7, 11) is 0. The molecule has 1 unspecified atom stereocenters. The van der Waals surface area contributed by atoms with Crippen LogP contribution in [0.3, 0.4) is 0 Å². The summed E-state index contributed by atoms with van der Waals surface area (Å²) in [6, 6.07) is 1.59. The highest BCUT2D eigenvalue weighted by Gasteiger charge is 2.24. The van der Waals surface area contributed by atoms with Gasteiger partial charge in [0.1, 0.15) is 0 Å². The van der Waals surface area contributed by atoms with Crippen molar-refractivity contribution in [1.82, 2.24) is 9.88 Å². The van der Waals surface area contributed by atoms with Gasteiger partial charge in [-0.25, -0.2) is 0 Å². The van der Waals surface area contributed by atoms with Gasteiger partial charge in [0.05, 0.1) is 16.7 Å². The van der Waals surface area contributed by atoms with E-state index in [0.29, 0.717) is 23.7 Å². The summed E-state index contributed by atoms with van der Waals surface area (Å²) < 4.78 is 0. The van der Waals surface area contributed by atoms with E-state index >= 15 is 0 Å². The maximum absolute atomic E-state index is 12.1. The molecule has 1 amide bonds. The topological polar surface area (TPSA) is 53.4 Å². The van der Waals surface area contributed by atoms with E-state index in [-0.39, 0.29) is 5.91 Å². The zero-order valence-corrected chi connectivity index (χ0v) is 9.52. The molecule has 0 aliphatic carbocycles. The van der Waals surface area contributed by atoms with Crippen molar-refractivity contribution in [2.24, 2.45) is 0 Å². The molecule has 1 aliphatic heterocycles. The first-order chi connectivity index (χ1) is 7.68. The van der Waals surface area contributed by atoms with Crippen molar-refractivity contribution in [3.05, 3.63) is 29.0 Å². The Morgan fingerprint density at radius 1 is 1.62 bits per heavy atom. The summed E-state index contributed by atoms with van der Waals surface area (Å²) in [6.07, 6.45) is 4.17. The lowest BCUT2D eigenvalue weighted by molar-refractivity contribution is 0.0473. The summed E-state index contributed by atoms with van der Waals surface area (Å²) in [5.41, 5.74) is 0.401. The van der Waals surface area contributed by atoms with Gasteiger partial charge in [0.15, 0.2) is 0 Å². The molecule has 0 aromatic carbocycles. The smallest absolute Gasteiger partial charge is 0.257 e. The highest BCUT2D eigenvalue weighted by Crippen LogP contribution is 2.18. The molecule has 1 aromatic heterocycles. The van der Waals surface area contributed by atoms with Crippen LogP contribution in [0.5, 0.6) is 0 Å². The second kappa shape index (κ2) is 4.80. The highest BCUT2D eigenvalue weighted by molar-refractivity contribution is 6.33. The van der Waals surface area contributed by atoms with Gasteiger partial charge in [0.25, 0.3) is 5.91 Å². The minimum Gasteiger partial charge on any atom is -0.391 e. The van der Waals surface area contributed by atoms with Gasteiger partial charge in [0, 0.05) is 25.5 Å². The number of aliphatic hydroxyl groups excluding tert-OH is 1. The molecule has 1 atom stereocenters. The Labute approximate surface area is 98.9 Å². The monoisotopic (exact) mass is 240 g/mol. The van der Waals surface area contributed by atoms with Crippen LogP contribution in [0, 0.1) is 0 Å². The number of likely N-dealkylation sites (tertiary alicyclic amines) is 1. The van der Waals surface area contributed by atoms with E-state index in [1.165, 1.54) is 6.20 Å². The Morgan fingerprint density at radius 3 is 3.12 bits per heavy atom. The second-order valence-corrected chi connectivity index (χ2v) is 4.31. The molecule has 1 saturated heterocycles. The number of pyridine rings is 1. The van der Waals surface area contributed by atoms with E-state index in [9.17, 15) is 9.90 Å². The summed E-state index contributed by atoms with van der Waals surface area (Å²) >= 11 is 5.92. The van der Waals surface area contributed by atoms with Crippen LogP contribution in [0.1, 0.15) is 23.2 Å². The molecule has 1 N–H and O–H groups in total. The van der Waals surface area contributed by atoms with Crippen LogP contribution >= 0.6 is 11.6 Å². The Morgan fingerprint density at radius 2 is 2.44 bits per heavy atom. The van der Waals surface area contributed by atoms with Gasteiger partial charge in [-0.3, -0.25) is 9.78 Å². The molecule has 4 nitrogen and oxygen atoms in total. The zero-order valence-electron chi connectivity index (χ0n) is 8.77. The third-order valence-electron chi connectivity index (χ3n) is 2.68. The Hall–Kier alpha value is -1.13. The third kappa shape index (κ3) is 2.33. The van der Waals surface area contributed by atoms with Gasteiger partial charge in [-0.15, -0.1) is 0 Å². The molecule has 0 bridgehead atoms. The molecule has 0 spiro atoms. The summed E-state index contributed by atoms with van der Waals surface area (Å²) in [6.45, 7) is 1.05. The first-order valence-corrected chi connectivity index (χ1v) is 5.63. The SMILES string of the molecule is O=C(c1cnccc1Cl)N1CCCC(O)C1. The van der Waals surface area contributed by atoms with Crippen LogP contribution in [0.4, 0.5) is 0 Å². The van der Waals surface area contributed by atoms with E-state index < -0.39 is 6.10 Å². The maximum Gasteiger partial charge on any atom is 0.257 e. The standard InChI is InChI=1S/C11H13ClN2O2/c12-10-3-4-13-6-9(10)11(16)14-5-1-2-8(15)7-14/h3-4,6,8,15H,1-2,5,7H2. The first-order valence-electron chi connectivity index (χ1n) is 5.25. The summed E-state index contributed by atoms with van der Waals surface area (Å²) in [5.74, 6) is -0.156. The fourth-order valence-corrected chi connectivity index (χ4v) is 2.03. The van der Waals surface area contributed by atoms with E-state index in [1.807, 2.05) is 0 Å². The molecule has 2 heterocycles. The van der Waals surface area contributed by atoms with Crippen molar-refractivity contribution < 1.29 is 9.90 Å². The van der Waals surface area contributed by atoms with Crippen LogP contribution < -0.4 is 0 Å². The molecule has 0 saturated carbocycles. The lowest BCUT2D eigenvalue weighted by Crippen LogP contribution is -2.42. The van der Waals surface area contributed by atoms with Crippen LogP contribution in [-0.2, 0) is 0 Å². The van der Waals surface area contributed by atoms with Crippen molar-refractivity contribution in [3.8, 4) is 0 Å². The average molecular weight is 241 g/mol. The van der Waals surface area contributed by atoms with E-state index in [0.717, 1.165) is 12.8 Å². The molecule has 86 valence electrons. The summed E-state index contributed by atoms with van der Waals surface area (Å²) in [5, 5.41) is 9.91. The molecule has 1 fully saturated rings. The second-order valence-electron chi connectivity index (χ2n) is 3.90. The zero-order chi connectivity index (χ0) is 11.5. The summed E-state index contributed by atoms with van der Waals surface area (Å²) in [4.78, 5) is 17.6. The number of β-amino-alcohol motifs (C(OH)–C–C–N with tert-alkyl or cyclic N) is 1. The number of carbonyl (C=O) groups excluding carboxylic acids is 1. The van der Waals surface area contributed by atoms with Crippen molar-refractivity contribution in [1.29, 1.82) is 0 Å². The number of amides is 1. The molecule has 5 heteroatoms. The van der Waals surface area contributed by atoms with E-state index in [2.05, 4.69) is 4.98 Å². The van der Waals surface area contributed by atoms with Gasteiger partial charge in [0.2, 0.25) is 0 Å². The van der Waals surface area contributed by atoms with E-state index in [1.54, 1.807) is 17.2 Å². The van der Waals surface area contributed by atoms with Crippen molar-refractivity contribution in [3.63, 3.8) is 0 Å². The van der Waals surface area contributed by atoms with Gasteiger partial charge < -0.3 is 10.0 Å². The fraction of sp³-hybridized carbons (Fsp3) is 0.455. The lowest BCUT2D eigenvalue weighted by Gasteiger charge is -2.30. The van der Waals surface area contributed by atoms with Gasteiger partial charge in [-0.1, -0.05) is 11.6 Å². The van der Waals surface area contributed by atoms with Crippen LogP contribution in [0.2, 0.25) is 5.02 Å². The number of hydrogen-bond donors (Lipinski definition) is 1. The number of aromatic nitrogens is 1. The van der Waals surface area contributed by atoms with Gasteiger partial charge in [-0.05, 0) is 18.9 Å². The van der Waals surface area contributed by atoms with Crippen LogP contribution in [0.25, 0.3) is 0 Å². The predicted octanol–water partition coefficient (Wildman–Crippen LogP) is 1.33. The molecule has 1 aromatic rings. The molecular weight excluding hydrogens is 228 g/mol. The Bertz CT molecular complexity index is 397. The highest BCUT2D eigenvalue weighted by atomic mass is 35.5. The van der Waals surface area contributed by atoms with Crippen LogP contribution in [-0.4, -0.2) is 40.1 Å². The van der Waals surface area contributed by atoms with Crippen molar-refractivity contribution in [2.45, 2.75) is 18.9 Å². The molecule has 0 radical (unpaired) electrons. The fourth-order valence-electron chi connectivity index (χ4n) is 1.84. The molecule has 2 rings (SSSR count). The third-order valence-corrected chi connectivity index (χ3v) is 3.01. The number of rotatable bonds is 1. The molecule has 16 heavy (non-hydrogen) atoms. The number of halogens is 1. The number of nitrogens with zero attached hydrogens (tertiary/aromatic N) is 2. The van der Waals surface area contributed by atoms with Crippen molar-refractivity contribution in [2.75, 3.05) is 13.1 Å². The largest absolute Gasteiger partial charge is 0.391 e. The molecule has 1 aliphatic rings. The Balaban J connectivity index is 2.16. The van der Waals surface area contributed by atoms with Gasteiger partial charge >= 0.3 is 0 Å². The van der Waals surface area contributed by atoms with Crippen molar-refractivity contribution >= 4 is 17.5 Å². The molecular formula is C11H13ClN2O2.